The van der Waals surface area contributed by atoms with Gasteiger partial charge in [0.05, 0.1) is 9.79 Å². The molecule has 12 heteroatoms. The summed E-state index contributed by atoms with van der Waals surface area (Å²) in [4.78, 5) is 24.2. The summed E-state index contributed by atoms with van der Waals surface area (Å²) in [5.41, 5.74) is 0.132. The lowest BCUT2D eigenvalue weighted by Gasteiger charge is -2.18. The zero-order valence-corrected chi connectivity index (χ0v) is 17.7. The molecule has 2 rings (SSSR count). The number of ether oxygens (including phenoxy) is 1. The van der Waals surface area contributed by atoms with Crippen molar-refractivity contribution < 1.29 is 31.2 Å². The lowest BCUT2D eigenvalue weighted by molar-refractivity contribution is -0.154. The summed E-state index contributed by atoms with van der Waals surface area (Å²) in [5.74, 6) is -1.71. The second-order valence-corrected chi connectivity index (χ2v) is 9.57. The zero-order chi connectivity index (χ0) is 22.5. The first-order valence-corrected chi connectivity index (χ1v) is 11.6. The smallest absolute Gasteiger partial charge is 0.324 e. The Labute approximate surface area is 174 Å². The predicted octanol–water partition coefficient (Wildman–Crippen LogP) is 0.571. The maximum Gasteiger partial charge on any atom is 0.324 e. The number of carbonyl (C=O) groups is 2. The summed E-state index contributed by atoms with van der Waals surface area (Å²) in [5, 5.41) is 7.44. The molecule has 0 aliphatic heterocycles. The minimum absolute atomic E-state index is 0.0230. The lowest BCUT2D eigenvalue weighted by Crippen LogP contribution is -2.42. The zero-order valence-electron chi connectivity index (χ0n) is 16.1. The van der Waals surface area contributed by atoms with E-state index in [0.717, 1.165) is 6.07 Å². The van der Waals surface area contributed by atoms with Crippen molar-refractivity contribution in [1.29, 1.82) is 0 Å². The van der Waals surface area contributed by atoms with Crippen molar-refractivity contribution in [3.63, 3.8) is 0 Å². The number of esters is 1. The first-order valence-electron chi connectivity index (χ1n) is 8.62. The third-order valence-electron chi connectivity index (χ3n) is 3.83. The number of anilines is 1. The molecule has 0 aliphatic carbocycles. The van der Waals surface area contributed by atoms with Crippen LogP contribution in [0.5, 0.6) is 0 Å². The van der Waals surface area contributed by atoms with Gasteiger partial charge in [-0.05, 0) is 44.2 Å². The van der Waals surface area contributed by atoms with Gasteiger partial charge in [0.1, 0.15) is 6.04 Å². The summed E-state index contributed by atoms with van der Waals surface area (Å²) < 4.78 is 54.5. The maximum atomic E-state index is 12.3. The van der Waals surface area contributed by atoms with E-state index in [1.54, 1.807) is 6.07 Å². The van der Waals surface area contributed by atoms with Gasteiger partial charge in [-0.1, -0.05) is 24.3 Å². The van der Waals surface area contributed by atoms with Gasteiger partial charge in [0.15, 0.2) is 6.10 Å². The van der Waals surface area contributed by atoms with Gasteiger partial charge < -0.3 is 10.1 Å². The third kappa shape index (κ3) is 6.35. The molecule has 0 radical (unpaired) electrons. The number of benzene rings is 2. The molecule has 2 aromatic carbocycles. The average Bonchev–Trinajstić information content (AvgIpc) is 2.67. The Morgan fingerprint density at radius 3 is 2.13 bits per heavy atom. The molecule has 4 N–H and O–H groups in total. The number of hydrogen-bond acceptors (Lipinski definition) is 7. The van der Waals surface area contributed by atoms with Gasteiger partial charge in [-0.2, -0.15) is 4.72 Å². The van der Waals surface area contributed by atoms with Crippen LogP contribution in [-0.2, 0) is 34.4 Å². The van der Waals surface area contributed by atoms with E-state index in [2.05, 4.69) is 10.0 Å². The quantitative estimate of drug-likeness (QED) is 0.490. The molecule has 0 aromatic heterocycles. The van der Waals surface area contributed by atoms with E-state index in [1.165, 1.54) is 56.3 Å². The molecule has 0 fully saturated rings. The summed E-state index contributed by atoms with van der Waals surface area (Å²) in [6, 6.07) is 11.4. The summed E-state index contributed by atoms with van der Waals surface area (Å²) >= 11 is 0. The van der Waals surface area contributed by atoms with Crippen LogP contribution in [0.2, 0.25) is 0 Å². The largest absolute Gasteiger partial charge is 0.451 e. The number of nitrogens with two attached hydrogens (primary N) is 1. The number of primary sulfonamides is 1. The van der Waals surface area contributed by atoms with Crippen molar-refractivity contribution in [2.75, 3.05) is 5.32 Å². The summed E-state index contributed by atoms with van der Waals surface area (Å²) in [6.45, 7) is 2.57. The van der Waals surface area contributed by atoms with Crippen LogP contribution in [0.3, 0.4) is 0 Å². The molecule has 0 saturated carbocycles. The van der Waals surface area contributed by atoms with Crippen LogP contribution in [0.25, 0.3) is 0 Å². The van der Waals surface area contributed by atoms with E-state index in [1.807, 2.05) is 0 Å². The van der Waals surface area contributed by atoms with Crippen molar-refractivity contribution in [3.8, 4) is 0 Å². The lowest BCUT2D eigenvalue weighted by atomic mass is 10.3. The number of carbonyl (C=O) groups excluding carboxylic acids is 2. The van der Waals surface area contributed by atoms with Gasteiger partial charge in [0.25, 0.3) is 5.91 Å². The standard InChI is InChI=1S/C18H21N3O7S2/c1-12(21-30(26,27)15-8-4-3-5-9-15)18(23)28-13(2)17(22)20-14-7-6-10-16(11-14)29(19,24)25/h3-13,21H,1-2H3,(H,20,22)(H2,19,24,25)/t12-,13?/m0/s1. The third-order valence-corrected chi connectivity index (χ3v) is 6.30. The molecule has 10 nitrogen and oxygen atoms in total. The van der Waals surface area contributed by atoms with Gasteiger partial charge in [-0.3, -0.25) is 9.59 Å². The number of nitrogens with one attached hydrogen (secondary N) is 2. The molecule has 0 spiro atoms. The van der Waals surface area contributed by atoms with Crippen LogP contribution < -0.4 is 15.2 Å². The fourth-order valence-electron chi connectivity index (χ4n) is 2.27. The first kappa shape index (κ1) is 23.5. The molecule has 162 valence electrons. The Kier molecular flexibility index (Phi) is 7.31. The van der Waals surface area contributed by atoms with Crippen LogP contribution in [0, 0.1) is 0 Å². The van der Waals surface area contributed by atoms with Crippen molar-refractivity contribution in [2.24, 2.45) is 5.14 Å². The molecule has 1 unspecified atom stereocenters. The van der Waals surface area contributed by atoms with E-state index < -0.39 is 44.1 Å². The van der Waals surface area contributed by atoms with Crippen LogP contribution in [0.4, 0.5) is 5.69 Å². The Morgan fingerprint density at radius 2 is 1.53 bits per heavy atom. The van der Waals surface area contributed by atoms with Gasteiger partial charge in [-0.15, -0.1) is 0 Å². The molecule has 30 heavy (non-hydrogen) atoms. The number of amides is 1. The van der Waals surface area contributed by atoms with Crippen molar-refractivity contribution in [2.45, 2.75) is 35.8 Å². The minimum Gasteiger partial charge on any atom is -0.451 e. The molecule has 0 aliphatic rings. The number of rotatable bonds is 8. The Balaban J connectivity index is 1.99. The Morgan fingerprint density at radius 1 is 0.933 bits per heavy atom. The maximum absolute atomic E-state index is 12.3. The molecular weight excluding hydrogens is 434 g/mol. The highest BCUT2D eigenvalue weighted by Crippen LogP contribution is 2.15. The second kappa shape index (κ2) is 9.34. The van der Waals surface area contributed by atoms with Gasteiger partial charge in [0, 0.05) is 5.69 Å². The summed E-state index contributed by atoms with van der Waals surface area (Å²) in [6.07, 6.45) is -1.28. The Bertz CT molecular complexity index is 1130. The van der Waals surface area contributed by atoms with Crippen LogP contribution in [0.15, 0.2) is 64.4 Å². The van der Waals surface area contributed by atoms with Crippen molar-refractivity contribution in [3.05, 3.63) is 54.6 Å². The van der Waals surface area contributed by atoms with E-state index in [0.29, 0.717) is 0 Å². The van der Waals surface area contributed by atoms with Crippen molar-refractivity contribution in [1.82, 2.24) is 4.72 Å². The fraction of sp³-hybridized carbons (Fsp3) is 0.222. The van der Waals surface area contributed by atoms with Gasteiger partial charge >= 0.3 is 5.97 Å². The predicted molar refractivity (Wildman–Crippen MR) is 108 cm³/mol. The highest BCUT2D eigenvalue weighted by molar-refractivity contribution is 7.89. The molecule has 0 saturated heterocycles. The number of hydrogen-bond donors (Lipinski definition) is 3. The second-order valence-electron chi connectivity index (χ2n) is 6.30. The topological polar surface area (TPSA) is 162 Å². The highest BCUT2D eigenvalue weighted by Gasteiger charge is 2.26. The molecule has 1 amide bonds. The molecule has 0 bridgehead atoms. The molecular formula is C18H21N3O7S2. The SMILES string of the molecule is CC(OC(=O)[C@H](C)NS(=O)(=O)c1ccccc1)C(=O)Nc1cccc(S(N)(=O)=O)c1. The normalized spacial score (nSPS) is 13.8. The van der Waals surface area contributed by atoms with Gasteiger partial charge in [0.2, 0.25) is 20.0 Å². The van der Waals surface area contributed by atoms with E-state index in [4.69, 9.17) is 9.88 Å². The Hall–Kier alpha value is -2.80. The van der Waals surface area contributed by atoms with Crippen LogP contribution in [-0.4, -0.2) is 40.9 Å². The fourth-order valence-corrected chi connectivity index (χ4v) is 4.05. The average molecular weight is 456 g/mol. The first-order chi connectivity index (χ1) is 13.9. The van der Waals surface area contributed by atoms with E-state index in [-0.39, 0.29) is 15.5 Å². The van der Waals surface area contributed by atoms with Gasteiger partial charge in [-0.25, -0.2) is 22.0 Å². The molecule has 2 atom stereocenters. The monoisotopic (exact) mass is 455 g/mol. The molecule has 0 heterocycles. The van der Waals surface area contributed by atoms with Crippen LogP contribution in [0.1, 0.15) is 13.8 Å². The summed E-state index contributed by atoms with van der Waals surface area (Å²) in [7, 11) is -7.90. The van der Waals surface area contributed by atoms with Crippen LogP contribution >= 0.6 is 0 Å². The van der Waals surface area contributed by atoms with E-state index in [9.17, 15) is 26.4 Å². The minimum atomic E-state index is -3.95. The van der Waals surface area contributed by atoms with Crippen molar-refractivity contribution >= 4 is 37.6 Å². The highest BCUT2D eigenvalue weighted by atomic mass is 32.2. The van der Waals surface area contributed by atoms with E-state index >= 15 is 0 Å². The molecule has 2 aromatic rings. The number of sulfonamides is 2.